The summed E-state index contributed by atoms with van der Waals surface area (Å²) in [5.74, 6) is -0.308. The number of anilines is 1. The molecule has 1 N–H and O–H groups in total. The molecule has 1 aliphatic rings. The van der Waals surface area contributed by atoms with E-state index in [2.05, 4.69) is 5.32 Å². The van der Waals surface area contributed by atoms with Gasteiger partial charge < -0.3 is 10.2 Å². The standard InChI is InChI=1S/C21H25N3O4S/c1-23(29(2,27)28)20(17-9-4-3-5-10-17)21(26)22-15-16-8-6-11-18(14-16)24-13-7-12-19(24)25/h3-6,8-11,14,20H,7,12-13,15H2,1-2H3,(H,22,26)/t20-/m0/s1. The lowest BCUT2D eigenvalue weighted by Crippen LogP contribution is -2.41. The Hall–Kier alpha value is -2.71. The molecule has 0 aliphatic carbocycles. The lowest BCUT2D eigenvalue weighted by atomic mass is 10.1. The number of carbonyl (C=O) groups excluding carboxylic acids is 2. The van der Waals surface area contributed by atoms with E-state index in [0.29, 0.717) is 18.5 Å². The number of benzene rings is 2. The second kappa shape index (κ2) is 8.75. The van der Waals surface area contributed by atoms with Crippen molar-refractivity contribution in [3.8, 4) is 0 Å². The van der Waals surface area contributed by atoms with Crippen LogP contribution in [0.4, 0.5) is 5.69 Å². The van der Waals surface area contributed by atoms with Crippen molar-refractivity contribution in [1.82, 2.24) is 9.62 Å². The van der Waals surface area contributed by atoms with Crippen molar-refractivity contribution in [3.05, 3.63) is 65.7 Å². The number of hydrogen-bond donors (Lipinski definition) is 1. The molecule has 1 heterocycles. The van der Waals surface area contributed by atoms with Crippen LogP contribution in [0.2, 0.25) is 0 Å². The molecule has 0 bridgehead atoms. The van der Waals surface area contributed by atoms with Gasteiger partial charge in [0.2, 0.25) is 21.8 Å². The van der Waals surface area contributed by atoms with Gasteiger partial charge in [-0.3, -0.25) is 9.59 Å². The zero-order valence-corrected chi connectivity index (χ0v) is 17.4. The number of carbonyl (C=O) groups is 2. The molecule has 3 rings (SSSR count). The van der Waals surface area contributed by atoms with E-state index in [4.69, 9.17) is 0 Å². The molecule has 0 aromatic heterocycles. The highest BCUT2D eigenvalue weighted by Crippen LogP contribution is 2.24. The van der Waals surface area contributed by atoms with Crippen molar-refractivity contribution < 1.29 is 18.0 Å². The molecule has 0 unspecified atom stereocenters. The fourth-order valence-electron chi connectivity index (χ4n) is 3.39. The summed E-state index contributed by atoms with van der Waals surface area (Å²) < 4.78 is 25.2. The van der Waals surface area contributed by atoms with E-state index >= 15 is 0 Å². The highest BCUT2D eigenvalue weighted by atomic mass is 32.2. The SMILES string of the molecule is CN([C@H](C(=O)NCc1cccc(N2CCCC2=O)c1)c1ccccc1)S(C)(=O)=O. The minimum atomic E-state index is -3.57. The summed E-state index contributed by atoms with van der Waals surface area (Å²) in [6, 6.07) is 15.3. The molecule has 2 aromatic carbocycles. The molecule has 1 fully saturated rings. The lowest BCUT2D eigenvalue weighted by Gasteiger charge is -2.25. The van der Waals surface area contributed by atoms with E-state index in [-0.39, 0.29) is 12.5 Å². The van der Waals surface area contributed by atoms with Crippen molar-refractivity contribution in [3.63, 3.8) is 0 Å². The predicted octanol–water partition coefficient (Wildman–Crippen LogP) is 2.06. The molecule has 8 heteroatoms. The van der Waals surface area contributed by atoms with Crippen LogP contribution >= 0.6 is 0 Å². The highest BCUT2D eigenvalue weighted by molar-refractivity contribution is 7.88. The molecule has 0 radical (unpaired) electrons. The first-order valence-electron chi connectivity index (χ1n) is 9.42. The molecule has 1 saturated heterocycles. The zero-order valence-electron chi connectivity index (χ0n) is 16.5. The van der Waals surface area contributed by atoms with Gasteiger partial charge in [-0.05, 0) is 29.7 Å². The summed E-state index contributed by atoms with van der Waals surface area (Å²) in [7, 11) is -2.18. The van der Waals surface area contributed by atoms with Crippen LogP contribution < -0.4 is 10.2 Å². The van der Waals surface area contributed by atoms with Gasteiger partial charge in [-0.2, -0.15) is 4.31 Å². The molecule has 29 heavy (non-hydrogen) atoms. The summed E-state index contributed by atoms with van der Waals surface area (Å²) in [5.41, 5.74) is 2.24. The first-order valence-corrected chi connectivity index (χ1v) is 11.3. The average Bonchev–Trinajstić information content (AvgIpc) is 3.13. The van der Waals surface area contributed by atoms with E-state index in [1.54, 1.807) is 29.2 Å². The lowest BCUT2D eigenvalue weighted by molar-refractivity contribution is -0.125. The van der Waals surface area contributed by atoms with Crippen LogP contribution in [0.25, 0.3) is 0 Å². The Morgan fingerprint density at radius 2 is 1.90 bits per heavy atom. The average molecular weight is 416 g/mol. The number of nitrogens with one attached hydrogen (secondary N) is 1. The molecular formula is C21H25N3O4S. The van der Waals surface area contributed by atoms with Crippen molar-refractivity contribution in [1.29, 1.82) is 0 Å². The number of nitrogens with zero attached hydrogens (tertiary/aromatic N) is 2. The van der Waals surface area contributed by atoms with Crippen molar-refractivity contribution >= 4 is 27.5 Å². The minimum Gasteiger partial charge on any atom is -0.350 e. The van der Waals surface area contributed by atoms with Gasteiger partial charge in [0.15, 0.2) is 0 Å². The Labute approximate surface area is 171 Å². The summed E-state index contributed by atoms with van der Waals surface area (Å²) in [6.07, 6.45) is 2.47. The van der Waals surface area contributed by atoms with Crippen LogP contribution in [-0.4, -0.2) is 44.4 Å². The van der Waals surface area contributed by atoms with Gasteiger partial charge >= 0.3 is 0 Å². The zero-order chi connectivity index (χ0) is 21.0. The molecule has 2 amide bonds. The van der Waals surface area contributed by atoms with Crippen molar-refractivity contribution in [2.45, 2.75) is 25.4 Å². The second-order valence-electron chi connectivity index (χ2n) is 7.13. The Morgan fingerprint density at radius 1 is 1.17 bits per heavy atom. The number of likely N-dealkylation sites (N-methyl/N-ethyl adjacent to an activating group) is 1. The normalized spacial score (nSPS) is 15.6. The van der Waals surface area contributed by atoms with Gasteiger partial charge in [-0.1, -0.05) is 42.5 Å². The molecule has 154 valence electrons. The fraction of sp³-hybridized carbons (Fsp3) is 0.333. The first-order chi connectivity index (χ1) is 13.8. The maximum absolute atomic E-state index is 12.9. The topological polar surface area (TPSA) is 86.8 Å². The van der Waals surface area contributed by atoms with Crippen molar-refractivity contribution in [2.24, 2.45) is 0 Å². The molecule has 1 atom stereocenters. The van der Waals surface area contributed by atoms with E-state index in [9.17, 15) is 18.0 Å². The number of amides is 2. The number of hydrogen-bond acceptors (Lipinski definition) is 4. The van der Waals surface area contributed by atoms with E-state index in [0.717, 1.165) is 28.2 Å². The van der Waals surface area contributed by atoms with Gasteiger partial charge in [-0.25, -0.2) is 8.42 Å². The monoisotopic (exact) mass is 415 g/mol. The van der Waals surface area contributed by atoms with Crippen LogP contribution in [0.1, 0.15) is 30.0 Å². The number of sulfonamides is 1. The summed E-state index contributed by atoms with van der Waals surface area (Å²) in [5, 5.41) is 2.83. The van der Waals surface area contributed by atoms with Crippen LogP contribution in [0, 0.1) is 0 Å². The molecular weight excluding hydrogens is 390 g/mol. The van der Waals surface area contributed by atoms with Gasteiger partial charge in [-0.15, -0.1) is 0 Å². The van der Waals surface area contributed by atoms with Crippen LogP contribution in [0.3, 0.4) is 0 Å². The maximum Gasteiger partial charge on any atom is 0.243 e. The van der Waals surface area contributed by atoms with E-state index in [1.165, 1.54) is 7.05 Å². The fourth-order valence-corrected chi connectivity index (χ4v) is 3.99. The maximum atomic E-state index is 12.9. The van der Waals surface area contributed by atoms with Crippen molar-refractivity contribution in [2.75, 3.05) is 24.7 Å². The second-order valence-corrected chi connectivity index (χ2v) is 9.17. The van der Waals surface area contributed by atoms with E-state index < -0.39 is 22.0 Å². The summed E-state index contributed by atoms with van der Waals surface area (Å²) in [4.78, 5) is 26.6. The Bertz CT molecular complexity index is 992. The summed E-state index contributed by atoms with van der Waals surface area (Å²) >= 11 is 0. The van der Waals surface area contributed by atoms with Gasteiger partial charge in [0.1, 0.15) is 6.04 Å². The molecule has 1 aliphatic heterocycles. The van der Waals surface area contributed by atoms with Crippen LogP contribution in [0.15, 0.2) is 54.6 Å². The predicted molar refractivity (Wildman–Crippen MR) is 112 cm³/mol. The molecule has 0 saturated carbocycles. The highest BCUT2D eigenvalue weighted by Gasteiger charge is 2.30. The quantitative estimate of drug-likeness (QED) is 0.750. The third-order valence-corrected chi connectivity index (χ3v) is 6.27. The Morgan fingerprint density at radius 3 is 2.52 bits per heavy atom. The molecule has 0 spiro atoms. The Balaban J connectivity index is 1.76. The number of rotatable bonds is 7. The Kier molecular flexibility index (Phi) is 6.34. The third kappa shape index (κ3) is 5.02. The van der Waals surface area contributed by atoms with Crippen LogP contribution in [-0.2, 0) is 26.2 Å². The largest absolute Gasteiger partial charge is 0.350 e. The van der Waals surface area contributed by atoms with Crippen LogP contribution in [0.5, 0.6) is 0 Å². The summed E-state index contributed by atoms with van der Waals surface area (Å²) in [6.45, 7) is 0.930. The minimum absolute atomic E-state index is 0.102. The molecule has 7 nitrogen and oxygen atoms in total. The van der Waals surface area contributed by atoms with Gasteiger partial charge in [0, 0.05) is 32.2 Å². The van der Waals surface area contributed by atoms with Gasteiger partial charge in [0.05, 0.1) is 6.26 Å². The van der Waals surface area contributed by atoms with Gasteiger partial charge in [0.25, 0.3) is 0 Å². The smallest absolute Gasteiger partial charge is 0.243 e. The first kappa shape index (κ1) is 21.0. The third-order valence-electron chi connectivity index (χ3n) is 5.01. The molecule has 2 aromatic rings. The van der Waals surface area contributed by atoms with E-state index in [1.807, 2.05) is 30.3 Å².